The van der Waals surface area contributed by atoms with Gasteiger partial charge in [-0.05, 0) is 22.9 Å². The third-order valence-electron chi connectivity index (χ3n) is 1.66. The van der Waals surface area contributed by atoms with Crippen molar-refractivity contribution in [1.82, 2.24) is 10.2 Å². The van der Waals surface area contributed by atoms with Crippen molar-refractivity contribution in [2.45, 2.75) is 20.5 Å². The minimum Gasteiger partial charge on any atom is -0.461 e. The number of hydrogen-bond donors (Lipinski definition) is 1. The van der Waals surface area contributed by atoms with Crippen LogP contribution in [0.3, 0.4) is 0 Å². The van der Waals surface area contributed by atoms with Crippen LogP contribution in [0.1, 0.15) is 30.0 Å². The quantitative estimate of drug-likeness (QED) is 0.848. The highest BCUT2D eigenvalue weighted by Gasteiger charge is 2.18. The van der Waals surface area contributed by atoms with Crippen molar-refractivity contribution in [2.75, 3.05) is 6.61 Å². The second-order valence-electron chi connectivity index (χ2n) is 2.87. The van der Waals surface area contributed by atoms with Crippen molar-refractivity contribution in [3.8, 4) is 0 Å². The average Bonchev–Trinajstić information content (AvgIpc) is 2.57. The molecule has 0 aliphatic heterocycles. The van der Waals surface area contributed by atoms with E-state index in [4.69, 9.17) is 9.47 Å². The molecule has 1 aromatic heterocycles. The first-order chi connectivity index (χ1) is 7.56. The van der Waals surface area contributed by atoms with Gasteiger partial charge in [0.05, 0.1) is 16.8 Å². The molecule has 1 N–H and O–H groups in total. The molecule has 0 saturated heterocycles. The summed E-state index contributed by atoms with van der Waals surface area (Å²) in [7, 11) is 0. The smallest absolute Gasteiger partial charge is 0.360 e. The second-order valence-corrected chi connectivity index (χ2v) is 3.66. The first-order valence-electron chi connectivity index (χ1n) is 4.59. The van der Waals surface area contributed by atoms with Gasteiger partial charge in [0.1, 0.15) is 6.61 Å². The van der Waals surface area contributed by atoms with Gasteiger partial charge in [-0.1, -0.05) is 0 Å². The highest BCUT2D eigenvalue weighted by molar-refractivity contribution is 9.10. The molecule has 16 heavy (non-hydrogen) atoms. The summed E-state index contributed by atoms with van der Waals surface area (Å²) in [5.41, 5.74) is 0.655. The van der Waals surface area contributed by atoms with Crippen LogP contribution in [0.5, 0.6) is 0 Å². The zero-order valence-corrected chi connectivity index (χ0v) is 10.5. The van der Waals surface area contributed by atoms with Crippen LogP contribution in [0.2, 0.25) is 0 Å². The SMILES string of the molecule is CCOC(=O)c1n[nH]c(COC(C)=O)c1Br. The molecule has 0 spiro atoms. The molecule has 6 nitrogen and oxygen atoms in total. The molecule has 0 unspecified atom stereocenters. The Morgan fingerprint density at radius 1 is 1.44 bits per heavy atom. The Morgan fingerprint density at radius 2 is 2.12 bits per heavy atom. The van der Waals surface area contributed by atoms with Crippen molar-refractivity contribution in [3.63, 3.8) is 0 Å². The highest BCUT2D eigenvalue weighted by Crippen LogP contribution is 2.20. The lowest BCUT2D eigenvalue weighted by Gasteiger charge is -2.00. The first kappa shape index (κ1) is 12.7. The largest absolute Gasteiger partial charge is 0.461 e. The zero-order valence-electron chi connectivity index (χ0n) is 8.87. The summed E-state index contributed by atoms with van der Waals surface area (Å²) in [5, 5.41) is 6.37. The fourth-order valence-electron chi connectivity index (χ4n) is 0.969. The van der Waals surface area contributed by atoms with E-state index in [9.17, 15) is 9.59 Å². The molecule has 1 aromatic rings. The Bertz CT molecular complexity index is 402. The van der Waals surface area contributed by atoms with Crippen molar-refractivity contribution < 1.29 is 19.1 Å². The number of esters is 2. The Labute approximate surface area is 100 Å². The molecule has 0 saturated carbocycles. The molecular weight excluding hydrogens is 280 g/mol. The van der Waals surface area contributed by atoms with E-state index in [1.165, 1.54) is 6.92 Å². The molecular formula is C9H11BrN2O4. The van der Waals surface area contributed by atoms with Crippen LogP contribution in [-0.2, 0) is 20.9 Å². The van der Waals surface area contributed by atoms with Crippen molar-refractivity contribution in [2.24, 2.45) is 0 Å². The standard InChI is InChI=1S/C9H11BrN2O4/c1-3-15-9(14)8-7(10)6(11-12-8)4-16-5(2)13/h3-4H2,1-2H3,(H,11,12). The number of rotatable bonds is 4. The van der Waals surface area contributed by atoms with Gasteiger partial charge in [0.15, 0.2) is 5.69 Å². The van der Waals surface area contributed by atoms with Crippen LogP contribution >= 0.6 is 15.9 Å². The summed E-state index contributed by atoms with van der Waals surface area (Å²) in [5.74, 6) is -0.932. The van der Waals surface area contributed by atoms with E-state index in [-0.39, 0.29) is 18.9 Å². The molecule has 0 amide bonds. The lowest BCUT2D eigenvalue weighted by Crippen LogP contribution is -2.05. The molecule has 1 heterocycles. The van der Waals surface area contributed by atoms with E-state index in [1.54, 1.807) is 6.92 Å². The molecule has 0 aliphatic rings. The van der Waals surface area contributed by atoms with Crippen LogP contribution in [0, 0.1) is 0 Å². The van der Waals surface area contributed by atoms with Crippen molar-refractivity contribution >= 4 is 27.9 Å². The van der Waals surface area contributed by atoms with Crippen LogP contribution < -0.4 is 0 Å². The van der Waals surface area contributed by atoms with Gasteiger partial charge in [0, 0.05) is 6.92 Å². The molecule has 0 atom stereocenters. The molecule has 0 fully saturated rings. The number of carbonyl (C=O) groups excluding carboxylic acids is 2. The maximum atomic E-state index is 11.4. The van der Waals surface area contributed by atoms with Gasteiger partial charge in [-0.15, -0.1) is 0 Å². The monoisotopic (exact) mass is 290 g/mol. The summed E-state index contributed by atoms with van der Waals surface area (Å²) in [4.78, 5) is 22.0. The minimum absolute atomic E-state index is 0.0301. The maximum Gasteiger partial charge on any atom is 0.360 e. The van der Waals surface area contributed by atoms with Crippen LogP contribution in [-0.4, -0.2) is 28.7 Å². The fourth-order valence-corrected chi connectivity index (χ4v) is 1.42. The number of carbonyl (C=O) groups is 2. The molecule has 0 aliphatic carbocycles. The number of aromatic amines is 1. The molecule has 0 radical (unpaired) electrons. The molecule has 1 rings (SSSR count). The number of halogens is 1. The van der Waals surface area contributed by atoms with Gasteiger partial charge < -0.3 is 9.47 Å². The Hall–Kier alpha value is -1.37. The average molecular weight is 291 g/mol. The molecule has 88 valence electrons. The molecule has 0 aromatic carbocycles. The van der Waals surface area contributed by atoms with Crippen LogP contribution in [0.25, 0.3) is 0 Å². The van der Waals surface area contributed by atoms with E-state index in [1.807, 2.05) is 0 Å². The van der Waals surface area contributed by atoms with Crippen LogP contribution in [0.4, 0.5) is 0 Å². The number of nitrogens with one attached hydrogen (secondary N) is 1. The predicted octanol–water partition coefficient (Wildman–Crippen LogP) is 1.41. The van der Waals surface area contributed by atoms with Gasteiger partial charge >= 0.3 is 11.9 Å². The van der Waals surface area contributed by atoms with E-state index >= 15 is 0 Å². The lowest BCUT2D eigenvalue weighted by molar-refractivity contribution is -0.142. The Morgan fingerprint density at radius 3 is 2.69 bits per heavy atom. The van der Waals surface area contributed by atoms with E-state index < -0.39 is 11.9 Å². The van der Waals surface area contributed by atoms with Crippen molar-refractivity contribution in [1.29, 1.82) is 0 Å². The van der Waals surface area contributed by atoms with Gasteiger partial charge in [-0.3, -0.25) is 9.89 Å². The van der Waals surface area contributed by atoms with Gasteiger partial charge in [0.25, 0.3) is 0 Å². The van der Waals surface area contributed by atoms with Gasteiger partial charge in [-0.2, -0.15) is 5.10 Å². The summed E-state index contributed by atoms with van der Waals surface area (Å²) >= 11 is 3.19. The zero-order chi connectivity index (χ0) is 12.1. The van der Waals surface area contributed by atoms with Gasteiger partial charge in [0.2, 0.25) is 0 Å². The third-order valence-corrected chi connectivity index (χ3v) is 2.52. The minimum atomic E-state index is -0.528. The lowest BCUT2D eigenvalue weighted by atomic mass is 10.3. The summed E-state index contributed by atoms with van der Waals surface area (Å²) in [6, 6.07) is 0. The fraction of sp³-hybridized carbons (Fsp3) is 0.444. The number of nitrogens with zero attached hydrogens (tertiary/aromatic N) is 1. The second kappa shape index (κ2) is 5.64. The van der Waals surface area contributed by atoms with Gasteiger partial charge in [-0.25, -0.2) is 4.79 Å². The van der Waals surface area contributed by atoms with Crippen LogP contribution in [0.15, 0.2) is 4.47 Å². The number of ether oxygens (including phenoxy) is 2. The number of hydrogen-bond acceptors (Lipinski definition) is 5. The maximum absolute atomic E-state index is 11.4. The summed E-state index contributed by atoms with van der Waals surface area (Å²) in [6.45, 7) is 3.31. The molecule has 7 heteroatoms. The Kier molecular flexibility index (Phi) is 4.48. The molecule has 0 bridgehead atoms. The predicted molar refractivity (Wildman–Crippen MR) is 57.7 cm³/mol. The van der Waals surface area contributed by atoms with E-state index in [2.05, 4.69) is 26.1 Å². The Balaban J connectivity index is 2.75. The highest BCUT2D eigenvalue weighted by atomic mass is 79.9. The number of H-pyrrole nitrogens is 1. The summed E-state index contributed by atoms with van der Waals surface area (Å²) < 4.78 is 10.0. The number of aromatic nitrogens is 2. The van der Waals surface area contributed by atoms with E-state index in [0.29, 0.717) is 10.2 Å². The first-order valence-corrected chi connectivity index (χ1v) is 5.38. The topological polar surface area (TPSA) is 81.3 Å². The normalized spacial score (nSPS) is 9.94. The van der Waals surface area contributed by atoms with E-state index in [0.717, 1.165) is 0 Å². The van der Waals surface area contributed by atoms with Crippen molar-refractivity contribution in [3.05, 3.63) is 15.9 Å². The summed E-state index contributed by atoms with van der Waals surface area (Å²) in [6.07, 6.45) is 0. The third kappa shape index (κ3) is 3.06.